The molecule has 2 amide bonds. The number of hydrogen-bond acceptors (Lipinski definition) is 7. The van der Waals surface area contributed by atoms with Crippen molar-refractivity contribution in [2.24, 2.45) is 0 Å². The molecule has 4 rings (SSSR count). The summed E-state index contributed by atoms with van der Waals surface area (Å²) in [6, 6.07) is 4.10. The average Bonchev–Trinajstić information content (AvgIpc) is 3.47. The third-order valence-corrected chi connectivity index (χ3v) is 7.22. The predicted molar refractivity (Wildman–Crippen MR) is 138 cm³/mol. The lowest BCUT2D eigenvalue weighted by atomic mass is 10.0. The van der Waals surface area contributed by atoms with E-state index in [9.17, 15) is 22.8 Å². The normalized spacial score (nSPS) is 20.7. The number of nitrogens with one attached hydrogen (secondary N) is 2. The molecule has 2 N–H and O–H groups in total. The van der Waals surface area contributed by atoms with Crippen LogP contribution in [0.15, 0.2) is 41.4 Å². The SMILES string of the molecule is C=CCO[C@H]1CN(C2CCN(c3c(C)noc3C)CC2)CC1NC(=O)CNC(=O)c1cccc(C(F)(F)F)c1. The Labute approximate surface area is 225 Å². The van der Waals surface area contributed by atoms with Crippen LogP contribution in [0, 0.1) is 13.8 Å². The zero-order chi connectivity index (χ0) is 28.2. The van der Waals surface area contributed by atoms with Gasteiger partial charge in [-0.3, -0.25) is 14.5 Å². The highest BCUT2D eigenvalue weighted by molar-refractivity contribution is 5.96. The number of nitrogens with zero attached hydrogens (tertiary/aromatic N) is 3. The quantitative estimate of drug-likeness (QED) is 0.464. The number of aryl methyl sites for hydroxylation is 2. The van der Waals surface area contributed by atoms with E-state index in [4.69, 9.17) is 9.26 Å². The molecule has 212 valence electrons. The number of piperidine rings is 1. The molecular formula is C27H34F3N5O4. The third kappa shape index (κ3) is 6.99. The van der Waals surface area contributed by atoms with E-state index < -0.39 is 23.6 Å². The standard InChI is InChI=1S/C27H34F3N5O4/c1-4-12-38-23-16-35(21-8-10-34(11-9-21)25-17(2)33-39-18(25)3)15-22(23)32-24(36)14-31-26(37)19-6-5-7-20(13-19)27(28,29)30/h4-7,13,21-23H,1,8-12,14-16H2,2-3H3,(H,31,37)(H,32,36)/t22?,23-/m0/s1. The van der Waals surface area contributed by atoms with Crippen molar-refractivity contribution in [3.63, 3.8) is 0 Å². The van der Waals surface area contributed by atoms with E-state index in [-0.39, 0.29) is 24.3 Å². The van der Waals surface area contributed by atoms with Gasteiger partial charge in [0.25, 0.3) is 5.91 Å². The first-order valence-corrected chi connectivity index (χ1v) is 13.0. The Morgan fingerprint density at radius 1 is 1.23 bits per heavy atom. The Kier molecular flexibility index (Phi) is 8.96. The fourth-order valence-corrected chi connectivity index (χ4v) is 5.34. The van der Waals surface area contributed by atoms with Gasteiger partial charge in [0.15, 0.2) is 5.76 Å². The molecule has 0 spiro atoms. The second-order valence-electron chi connectivity index (χ2n) is 9.94. The molecule has 0 bridgehead atoms. The number of rotatable bonds is 9. The largest absolute Gasteiger partial charge is 0.416 e. The van der Waals surface area contributed by atoms with Crippen LogP contribution >= 0.6 is 0 Å². The maximum atomic E-state index is 13.0. The number of benzene rings is 1. The number of carbonyl (C=O) groups excluding carboxylic acids is 2. The number of aromatic nitrogens is 1. The van der Waals surface area contributed by atoms with Crippen LogP contribution in [0.5, 0.6) is 0 Å². The van der Waals surface area contributed by atoms with Gasteiger partial charge in [0.05, 0.1) is 30.9 Å². The molecule has 2 atom stereocenters. The topological polar surface area (TPSA) is 99.9 Å². The van der Waals surface area contributed by atoms with Crippen molar-refractivity contribution < 1.29 is 32.0 Å². The van der Waals surface area contributed by atoms with E-state index in [1.165, 1.54) is 6.07 Å². The molecular weight excluding hydrogens is 515 g/mol. The maximum absolute atomic E-state index is 13.0. The monoisotopic (exact) mass is 549 g/mol. The lowest BCUT2D eigenvalue weighted by molar-refractivity contribution is -0.137. The van der Waals surface area contributed by atoms with E-state index in [0.29, 0.717) is 25.7 Å². The van der Waals surface area contributed by atoms with Gasteiger partial charge in [0.1, 0.15) is 11.4 Å². The van der Waals surface area contributed by atoms with E-state index in [1.807, 2.05) is 13.8 Å². The zero-order valence-electron chi connectivity index (χ0n) is 22.1. The molecule has 1 unspecified atom stereocenters. The second kappa shape index (κ2) is 12.2. The van der Waals surface area contributed by atoms with Gasteiger partial charge in [-0.2, -0.15) is 13.2 Å². The molecule has 2 aromatic rings. The first-order chi connectivity index (χ1) is 18.6. The van der Waals surface area contributed by atoms with Crippen molar-refractivity contribution in [1.82, 2.24) is 20.7 Å². The van der Waals surface area contributed by atoms with Gasteiger partial charge in [0, 0.05) is 37.8 Å². The van der Waals surface area contributed by atoms with Crippen molar-refractivity contribution in [3.05, 3.63) is 59.5 Å². The summed E-state index contributed by atoms with van der Waals surface area (Å²) in [5.41, 5.74) is 0.845. The predicted octanol–water partition coefficient (Wildman–Crippen LogP) is 3.08. The molecule has 0 aliphatic carbocycles. The highest BCUT2D eigenvalue weighted by Gasteiger charge is 2.39. The molecule has 2 aliphatic rings. The van der Waals surface area contributed by atoms with Crippen LogP contribution in [0.3, 0.4) is 0 Å². The summed E-state index contributed by atoms with van der Waals surface area (Å²) in [6.45, 7) is 10.5. The Morgan fingerprint density at radius 3 is 2.62 bits per heavy atom. The number of alkyl halides is 3. The minimum absolute atomic E-state index is 0.167. The fraction of sp³-hybridized carbons (Fsp3) is 0.519. The molecule has 2 saturated heterocycles. The summed E-state index contributed by atoms with van der Waals surface area (Å²) < 4.78 is 50.1. The third-order valence-electron chi connectivity index (χ3n) is 7.22. The second-order valence-corrected chi connectivity index (χ2v) is 9.94. The first kappa shape index (κ1) is 28.6. The van der Waals surface area contributed by atoms with Gasteiger partial charge in [-0.25, -0.2) is 0 Å². The molecule has 1 aromatic carbocycles. The summed E-state index contributed by atoms with van der Waals surface area (Å²) >= 11 is 0. The van der Waals surface area contributed by atoms with E-state index in [2.05, 4.69) is 32.2 Å². The Balaban J connectivity index is 1.31. The summed E-state index contributed by atoms with van der Waals surface area (Å²) in [6.07, 6.45) is -1.30. The molecule has 39 heavy (non-hydrogen) atoms. The van der Waals surface area contributed by atoms with Gasteiger partial charge >= 0.3 is 6.18 Å². The van der Waals surface area contributed by atoms with Crippen LogP contribution in [-0.4, -0.2) is 79.4 Å². The highest BCUT2D eigenvalue weighted by Crippen LogP contribution is 2.31. The van der Waals surface area contributed by atoms with Crippen LogP contribution in [0.25, 0.3) is 0 Å². The number of carbonyl (C=O) groups is 2. The van der Waals surface area contributed by atoms with E-state index in [1.54, 1.807) is 6.08 Å². The van der Waals surface area contributed by atoms with E-state index >= 15 is 0 Å². The lowest BCUT2D eigenvalue weighted by Gasteiger charge is -2.37. The minimum Gasteiger partial charge on any atom is -0.371 e. The van der Waals surface area contributed by atoms with Crippen LogP contribution < -0.4 is 15.5 Å². The van der Waals surface area contributed by atoms with Gasteiger partial charge in [-0.05, 0) is 44.9 Å². The number of ether oxygens (including phenoxy) is 1. The van der Waals surface area contributed by atoms with Crippen LogP contribution in [-0.2, 0) is 15.7 Å². The molecule has 0 saturated carbocycles. The number of halogens is 3. The Bertz CT molecular complexity index is 1160. The molecule has 2 aliphatic heterocycles. The van der Waals surface area contributed by atoms with Gasteiger partial charge in [-0.1, -0.05) is 17.3 Å². The Hall–Kier alpha value is -3.38. The fourth-order valence-electron chi connectivity index (χ4n) is 5.34. The van der Waals surface area contributed by atoms with Gasteiger partial charge in [0.2, 0.25) is 5.91 Å². The molecule has 2 fully saturated rings. The summed E-state index contributed by atoms with van der Waals surface area (Å²) in [7, 11) is 0. The van der Waals surface area contributed by atoms with E-state index in [0.717, 1.165) is 61.3 Å². The summed E-state index contributed by atoms with van der Waals surface area (Å²) in [5, 5.41) is 9.39. The number of hydrogen-bond donors (Lipinski definition) is 2. The lowest BCUT2D eigenvalue weighted by Crippen LogP contribution is -2.48. The van der Waals surface area contributed by atoms with Gasteiger partial charge in [-0.15, -0.1) is 6.58 Å². The number of amides is 2. The van der Waals surface area contributed by atoms with Crippen LogP contribution in [0.2, 0.25) is 0 Å². The van der Waals surface area contributed by atoms with Crippen molar-refractivity contribution in [1.29, 1.82) is 0 Å². The highest BCUT2D eigenvalue weighted by atomic mass is 19.4. The average molecular weight is 550 g/mol. The number of anilines is 1. The maximum Gasteiger partial charge on any atom is 0.416 e. The van der Waals surface area contributed by atoms with Crippen molar-refractivity contribution in [2.45, 2.75) is 51.1 Å². The molecule has 12 heteroatoms. The molecule has 1 aromatic heterocycles. The number of likely N-dealkylation sites (tertiary alicyclic amines) is 1. The van der Waals surface area contributed by atoms with Crippen molar-refractivity contribution >= 4 is 17.5 Å². The van der Waals surface area contributed by atoms with Crippen molar-refractivity contribution in [3.8, 4) is 0 Å². The first-order valence-electron chi connectivity index (χ1n) is 13.0. The Morgan fingerprint density at radius 2 is 1.97 bits per heavy atom. The smallest absolute Gasteiger partial charge is 0.371 e. The zero-order valence-corrected chi connectivity index (χ0v) is 22.1. The summed E-state index contributed by atoms with van der Waals surface area (Å²) in [4.78, 5) is 29.7. The minimum atomic E-state index is -4.56. The summed E-state index contributed by atoms with van der Waals surface area (Å²) in [5.74, 6) is -0.385. The van der Waals surface area contributed by atoms with Crippen molar-refractivity contribution in [2.75, 3.05) is 44.2 Å². The van der Waals surface area contributed by atoms with Gasteiger partial charge < -0.3 is 24.8 Å². The molecule has 9 nitrogen and oxygen atoms in total. The molecule has 0 radical (unpaired) electrons. The molecule has 3 heterocycles. The van der Waals surface area contributed by atoms with Crippen LogP contribution in [0.4, 0.5) is 18.9 Å². The van der Waals surface area contributed by atoms with Crippen LogP contribution in [0.1, 0.15) is 40.2 Å².